The standard InChI is InChI=1S/C11H12ClNS/c12-7-2-1-4-9-5-3-6-10(8-9)11(13)14/h1,3-6,8H,2,7H2,(H2,13,14). The molecule has 1 nitrogen and oxygen atoms in total. The number of hydrogen-bond donors (Lipinski definition) is 1. The summed E-state index contributed by atoms with van der Waals surface area (Å²) in [5.41, 5.74) is 7.52. The highest BCUT2D eigenvalue weighted by molar-refractivity contribution is 7.80. The van der Waals surface area contributed by atoms with Gasteiger partial charge in [0, 0.05) is 11.4 Å². The van der Waals surface area contributed by atoms with Crippen molar-refractivity contribution in [3.8, 4) is 0 Å². The molecule has 0 aliphatic carbocycles. The van der Waals surface area contributed by atoms with E-state index in [0.717, 1.165) is 17.5 Å². The fourth-order valence-electron chi connectivity index (χ4n) is 1.08. The van der Waals surface area contributed by atoms with Crippen LogP contribution in [-0.2, 0) is 0 Å². The van der Waals surface area contributed by atoms with Gasteiger partial charge in [0.15, 0.2) is 0 Å². The van der Waals surface area contributed by atoms with Crippen LogP contribution >= 0.6 is 23.8 Å². The molecule has 3 heteroatoms. The number of benzene rings is 1. The lowest BCUT2D eigenvalue weighted by molar-refractivity contribution is 1.24. The van der Waals surface area contributed by atoms with Gasteiger partial charge in [0.2, 0.25) is 0 Å². The lowest BCUT2D eigenvalue weighted by Crippen LogP contribution is -2.08. The molecule has 1 rings (SSSR count). The van der Waals surface area contributed by atoms with Crippen LogP contribution in [0.4, 0.5) is 0 Å². The molecular formula is C11H12ClNS. The first-order chi connectivity index (χ1) is 6.74. The Labute approximate surface area is 94.6 Å². The third kappa shape index (κ3) is 3.48. The first-order valence-corrected chi connectivity index (χ1v) is 5.30. The van der Waals surface area contributed by atoms with Crippen molar-refractivity contribution in [1.82, 2.24) is 0 Å². The van der Waals surface area contributed by atoms with Crippen molar-refractivity contribution in [1.29, 1.82) is 0 Å². The molecule has 2 N–H and O–H groups in total. The Bertz CT molecular complexity index is 347. The molecule has 0 saturated heterocycles. The molecule has 0 aliphatic heterocycles. The summed E-state index contributed by atoms with van der Waals surface area (Å²) >= 11 is 10.4. The van der Waals surface area contributed by atoms with E-state index in [1.54, 1.807) is 0 Å². The van der Waals surface area contributed by atoms with Crippen LogP contribution in [0.15, 0.2) is 30.3 Å². The highest BCUT2D eigenvalue weighted by atomic mass is 35.5. The molecule has 0 saturated carbocycles. The molecule has 0 atom stereocenters. The van der Waals surface area contributed by atoms with Gasteiger partial charge in [0.1, 0.15) is 4.99 Å². The molecule has 74 valence electrons. The van der Waals surface area contributed by atoms with Gasteiger partial charge in [-0.2, -0.15) is 0 Å². The van der Waals surface area contributed by atoms with Crippen LogP contribution in [0, 0.1) is 0 Å². The molecule has 14 heavy (non-hydrogen) atoms. The van der Waals surface area contributed by atoms with Crippen molar-refractivity contribution in [2.75, 3.05) is 5.88 Å². The number of rotatable bonds is 4. The molecule has 0 aliphatic rings. The highest BCUT2D eigenvalue weighted by Gasteiger charge is 1.95. The molecule has 0 radical (unpaired) electrons. The van der Waals surface area contributed by atoms with Crippen molar-refractivity contribution in [2.45, 2.75) is 6.42 Å². The van der Waals surface area contributed by atoms with Crippen LogP contribution in [0.3, 0.4) is 0 Å². The predicted molar refractivity (Wildman–Crippen MR) is 66.7 cm³/mol. The Morgan fingerprint density at radius 1 is 1.50 bits per heavy atom. The zero-order chi connectivity index (χ0) is 10.4. The Kier molecular flexibility index (Phi) is 4.63. The van der Waals surface area contributed by atoms with Gasteiger partial charge in [-0.3, -0.25) is 0 Å². The Morgan fingerprint density at radius 3 is 2.93 bits per heavy atom. The lowest BCUT2D eigenvalue weighted by Gasteiger charge is -1.99. The van der Waals surface area contributed by atoms with E-state index in [1.807, 2.05) is 36.4 Å². The smallest absolute Gasteiger partial charge is 0.104 e. The van der Waals surface area contributed by atoms with E-state index in [2.05, 4.69) is 0 Å². The van der Waals surface area contributed by atoms with E-state index in [4.69, 9.17) is 29.6 Å². The van der Waals surface area contributed by atoms with Crippen molar-refractivity contribution in [2.24, 2.45) is 5.73 Å². The summed E-state index contributed by atoms with van der Waals surface area (Å²) in [7, 11) is 0. The van der Waals surface area contributed by atoms with Gasteiger partial charge in [0.25, 0.3) is 0 Å². The summed E-state index contributed by atoms with van der Waals surface area (Å²) < 4.78 is 0. The van der Waals surface area contributed by atoms with Crippen molar-refractivity contribution >= 4 is 34.9 Å². The van der Waals surface area contributed by atoms with E-state index >= 15 is 0 Å². The van der Waals surface area contributed by atoms with Crippen molar-refractivity contribution in [3.63, 3.8) is 0 Å². The van der Waals surface area contributed by atoms with Gasteiger partial charge in [-0.1, -0.05) is 42.6 Å². The molecule has 0 heterocycles. The van der Waals surface area contributed by atoms with E-state index in [9.17, 15) is 0 Å². The molecule has 0 unspecified atom stereocenters. The van der Waals surface area contributed by atoms with Gasteiger partial charge in [-0.25, -0.2) is 0 Å². The number of halogens is 1. The Morgan fingerprint density at radius 2 is 2.29 bits per heavy atom. The summed E-state index contributed by atoms with van der Waals surface area (Å²) in [5.74, 6) is 0.644. The molecule has 0 spiro atoms. The molecule has 0 bridgehead atoms. The van der Waals surface area contributed by atoms with E-state index < -0.39 is 0 Å². The van der Waals surface area contributed by atoms with Crippen molar-refractivity contribution in [3.05, 3.63) is 41.5 Å². The number of hydrogen-bond acceptors (Lipinski definition) is 1. The number of nitrogens with two attached hydrogens (primary N) is 1. The summed E-state index contributed by atoms with van der Waals surface area (Å²) in [4.78, 5) is 0.428. The minimum absolute atomic E-state index is 0.428. The fraction of sp³-hybridized carbons (Fsp3) is 0.182. The van der Waals surface area contributed by atoms with Gasteiger partial charge >= 0.3 is 0 Å². The average molecular weight is 226 g/mol. The molecule has 0 amide bonds. The Balaban J connectivity index is 2.78. The molecular weight excluding hydrogens is 214 g/mol. The van der Waals surface area contributed by atoms with Crippen LogP contribution in [0.2, 0.25) is 0 Å². The lowest BCUT2D eigenvalue weighted by atomic mass is 10.1. The van der Waals surface area contributed by atoms with E-state index in [1.165, 1.54) is 0 Å². The SMILES string of the molecule is NC(=S)c1cccc(C=CCCCl)c1. The van der Waals surface area contributed by atoms with Crippen LogP contribution < -0.4 is 5.73 Å². The third-order valence-corrected chi connectivity index (χ3v) is 2.21. The van der Waals surface area contributed by atoms with Crippen LogP contribution in [0.5, 0.6) is 0 Å². The normalized spacial score (nSPS) is 10.6. The Hall–Kier alpha value is -0.860. The summed E-state index contributed by atoms with van der Waals surface area (Å²) in [5, 5.41) is 0. The molecule has 1 aromatic rings. The second-order valence-corrected chi connectivity index (χ2v) is 3.69. The maximum absolute atomic E-state index is 5.56. The van der Waals surface area contributed by atoms with Gasteiger partial charge in [0.05, 0.1) is 0 Å². The first kappa shape index (κ1) is 11.2. The quantitative estimate of drug-likeness (QED) is 0.630. The largest absolute Gasteiger partial charge is 0.389 e. The zero-order valence-electron chi connectivity index (χ0n) is 7.74. The number of alkyl halides is 1. The number of allylic oxidation sites excluding steroid dienone is 1. The fourth-order valence-corrected chi connectivity index (χ4v) is 1.33. The zero-order valence-corrected chi connectivity index (χ0v) is 9.31. The average Bonchev–Trinajstić information content (AvgIpc) is 2.19. The monoisotopic (exact) mass is 225 g/mol. The number of thiocarbonyl (C=S) groups is 1. The second-order valence-electron chi connectivity index (χ2n) is 2.87. The maximum Gasteiger partial charge on any atom is 0.104 e. The van der Waals surface area contributed by atoms with E-state index in [0.29, 0.717) is 10.9 Å². The minimum atomic E-state index is 0.428. The molecule has 0 aromatic heterocycles. The van der Waals surface area contributed by atoms with Crippen LogP contribution in [0.25, 0.3) is 6.08 Å². The van der Waals surface area contributed by atoms with Gasteiger partial charge in [-0.15, -0.1) is 11.6 Å². The summed E-state index contributed by atoms with van der Waals surface area (Å²) in [6.07, 6.45) is 4.93. The predicted octanol–water partition coefficient (Wildman–Crippen LogP) is 2.96. The molecule has 0 fully saturated rings. The van der Waals surface area contributed by atoms with Gasteiger partial charge in [-0.05, 0) is 18.1 Å². The highest BCUT2D eigenvalue weighted by Crippen LogP contribution is 2.07. The second kappa shape index (κ2) is 5.78. The van der Waals surface area contributed by atoms with E-state index in [-0.39, 0.29) is 0 Å². The topological polar surface area (TPSA) is 26.0 Å². The van der Waals surface area contributed by atoms with Gasteiger partial charge < -0.3 is 5.73 Å². The molecule has 1 aromatic carbocycles. The maximum atomic E-state index is 5.56. The first-order valence-electron chi connectivity index (χ1n) is 4.36. The summed E-state index contributed by atoms with van der Waals surface area (Å²) in [6, 6.07) is 7.82. The van der Waals surface area contributed by atoms with Crippen LogP contribution in [-0.4, -0.2) is 10.9 Å². The minimum Gasteiger partial charge on any atom is -0.389 e. The summed E-state index contributed by atoms with van der Waals surface area (Å²) in [6.45, 7) is 0. The van der Waals surface area contributed by atoms with Crippen LogP contribution in [0.1, 0.15) is 17.5 Å². The third-order valence-electron chi connectivity index (χ3n) is 1.76. The van der Waals surface area contributed by atoms with Crippen molar-refractivity contribution < 1.29 is 0 Å².